The molecule has 0 aromatic heterocycles. The third-order valence-electron chi connectivity index (χ3n) is 0.777. The second-order valence-electron chi connectivity index (χ2n) is 1.77. The molecule has 0 aliphatic heterocycles. The van der Waals surface area contributed by atoms with Crippen molar-refractivity contribution >= 4 is 35.5 Å². The van der Waals surface area contributed by atoms with Gasteiger partial charge in [0.05, 0.1) is 6.16 Å². The zero-order valence-corrected chi connectivity index (χ0v) is 8.31. The van der Waals surface area contributed by atoms with Gasteiger partial charge in [0.1, 0.15) is 0 Å². The molecule has 0 aliphatic carbocycles. The van der Waals surface area contributed by atoms with Gasteiger partial charge in [0.2, 0.25) is 0 Å². The summed E-state index contributed by atoms with van der Waals surface area (Å²) in [7, 11) is -3.83. The van der Waals surface area contributed by atoms with Gasteiger partial charge in [0.15, 0.2) is 0 Å². The van der Waals surface area contributed by atoms with E-state index in [9.17, 15) is 4.57 Å². The highest BCUT2D eigenvalue weighted by molar-refractivity contribution is 9.08. The van der Waals surface area contributed by atoms with Crippen molar-refractivity contribution in [2.45, 2.75) is 6.42 Å². The van der Waals surface area contributed by atoms with Crippen molar-refractivity contribution in [1.29, 1.82) is 0 Å². The van der Waals surface area contributed by atoms with E-state index in [1.165, 1.54) is 3.45 Å². The molecule has 0 atom stereocenters. The van der Waals surface area contributed by atoms with Crippen LogP contribution in [0.5, 0.6) is 0 Å². The van der Waals surface area contributed by atoms with Crippen molar-refractivity contribution in [3.05, 3.63) is 0 Å². The molecule has 7 heteroatoms. The quantitative estimate of drug-likeness (QED) is 0.585. The summed E-state index contributed by atoms with van der Waals surface area (Å²) >= 11 is 8.19. The number of nitrogens with zero attached hydrogens (tertiary/aromatic N) is 1. The first-order chi connectivity index (χ1) is 4.42. The van der Waals surface area contributed by atoms with E-state index in [4.69, 9.17) is 21.6 Å². The molecule has 0 fully saturated rings. The van der Waals surface area contributed by atoms with Crippen LogP contribution in [0.3, 0.4) is 0 Å². The Kier molecular flexibility index (Phi) is 5.11. The van der Waals surface area contributed by atoms with E-state index in [2.05, 4.69) is 16.1 Å². The number of hydrogen-bond donors (Lipinski definition) is 2. The zero-order valence-electron chi connectivity index (χ0n) is 5.07. The van der Waals surface area contributed by atoms with Gasteiger partial charge < -0.3 is 9.79 Å². The predicted molar refractivity (Wildman–Crippen MR) is 43.0 cm³/mol. The van der Waals surface area contributed by atoms with Gasteiger partial charge in [0, 0.05) is 22.7 Å². The first kappa shape index (κ1) is 10.9. The Bertz CT molecular complexity index is 138. The highest BCUT2D eigenvalue weighted by Gasteiger charge is 2.11. The largest absolute Gasteiger partial charge is 0.325 e. The summed E-state index contributed by atoms with van der Waals surface area (Å²) in [6.45, 7) is 0.409. The Morgan fingerprint density at radius 3 is 2.40 bits per heavy atom. The monoisotopic (exact) mass is 251 g/mol. The maximum atomic E-state index is 10.2. The molecule has 0 amide bonds. The summed E-state index contributed by atoms with van der Waals surface area (Å²) in [5.74, 6) is 0. The smallest absolute Gasteiger partial charge is 0.324 e. The van der Waals surface area contributed by atoms with E-state index < -0.39 is 7.60 Å². The molecule has 0 saturated carbocycles. The van der Waals surface area contributed by atoms with Gasteiger partial charge in [-0.2, -0.15) is 3.45 Å². The average Bonchev–Trinajstić information content (AvgIpc) is 1.59. The molecule has 0 aromatic rings. The van der Waals surface area contributed by atoms with Crippen molar-refractivity contribution in [3.63, 3.8) is 0 Å². The van der Waals surface area contributed by atoms with Crippen LogP contribution in [0.2, 0.25) is 0 Å². The highest BCUT2D eigenvalue weighted by Crippen LogP contribution is 2.34. The van der Waals surface area contributed by atoms with Gasteiger partial charge in [-0.05, 0) is 18.2 Å². The average molecular weight is 252 g/mol. The Labute approximate surface area is 72.8 Å². The van der Waals surface area contributed by atoms with Crippen LogP contribution >= 0.6 is 35.5 Å². The maximum Gasteiger partial charge on any atom is 0.325 e. The lowest BCUT2D eigenvalue weighted by molar-refractivity contribution is 0.371. The minimum Gasteiger partial charge on any atom is -0.324 e. The molecule has 62 valence electrons. The molecular formula is C3H8BrClNO3P. The van der Waals surface area contributed by atoms with Crippen LogP contribution in [-0.2, 0) is 4.57 Å². The van der Waals surface area contributed by atoms with E-state index in [1.54, 1.807) is 0 Å². The van der Waals surface area contributed by atoms with Crippen molar-refractivity contribution in [3.8, 4) is 0 Å². The third-order valence-corrected chi connectivity index (χ3v) is 2.20. The fraction of sp³-hybridized carbons (Fsp3) is 1.00. The van der Waals surface area contributed by atoms with Crippen LogP contribution in [0.4, 0.5) is 0 Å². The number of hydrogen-bond acceptors (Lipinski definition) is 2. The maximum absolute atomic E-state index is 10.2. The van der Waals surface area contributed by atoms with E-state index in [0.717, 1.165) is 0 Å². The normalized spacial score (nSPS) is 12.5. The van der Waals surface area contributed by atoms with Gasteiger partial charge in [-0.15, -0.1) is 0 Å². The molecular weight excluding hydrogens is 244 g/mol. The van der Waals surface area contributed by atoms with Crippen LogP contribution in [0.1, 0.15) is 6.42 Å². The minimum atomic E-state index is -3.83. The van der Waals surface area contributed by atoms with E-state index in [0.29, 0.717) is 13.0 Å². The Hall–Kier alpha value is 0.880. The second-order valence-corrected chi connectivity index (χ2v) is 5.22. The van der Waals surface area contributed by atoms with E-state index in [-0.39, 0.29) is 6.16 Å². The molecule has 4 nitrogen and oxygen atoms in total. The van der Waals surface area contributed by atoms with Crippen LogP contribution in [0.25, 0.3) is 0 Å². The number of rotatable bonds is 4. The van der Waals surface area contributed by atoms with Crippen LogP contribution in [0, 0.1) is 0 Å². The molecule has 0 rings (SSSR count). The van der Waals surface area contributed by atoms with Crippen molar-refractivity contribution in [2.75, 3.05) is 12.7 Å². The van der Waals surface area contributed by atoms with Gasteiger partial charge in [-0.1, -0.05) is 0 Å². The molecule has 0 radical (unpaired) electrons. The Morgan fingerprint density at radius 1 is 1.60 bits per heavy atom. The molecule has 0 aliphatic rings. The summed E-state index contributed by atoms with van der Waals surface area (Å²) in [5, 5.41) is 0. The Balaban J connectivity index is 3.30. The Morgan fingerprint density at radius 2 is 2.10 bits per heavy atom. The fourth-order valence-electron chi connectivity index (χ4n) is 0.396. The molecule has 0 spiro atoms. The lowest BCUT2D eigenvalue weighted by atomic mass is 10.5. The summed E-state index contributed by atoms with van der Waals surface area (Å²) in [4.78, 5) is 16.7. The molecule has 0 unspecified atom stereocenters. The lowest BCUT2D eigenvalue weighted by Gasteiger charge is -2.04. The third kappa shape index (κ3) is 8.88. The van der Waals surface area contributed by atoms with Crippen LogP contribution in [0.15, 0.2) is 0 Å². The molecule has 2 N–H and O–H groups in total. The highest BCUT2D eigenvalue weighted by atomic mass is 79.9. The molecule has 0 bridgehead atoms. The summed E-state index contributed by atoms with van der Waals surface area (Å²) in [6, 6.07) is 0. The molecule has 10 heavy (non-hydrogen) atoms. The van der Waals surface area contributed by atoms with Gasteiger partial charge >= 0.3 is 7.60 Å². The number of halogens is 2. The first-order valence-electron chi connectivity index (χ1n) is 2.55. The molecule has 0 aromatic carbocycles. The van der Waals surface area contributed by atoms with Gasteiger partial charge in [0.25, 0.3) is 0 Å². The predicted octanol–water partition coefficient (Wildman–Crippen LogP) is 1.32. The lowest BCUT2D eigenvalue weighted by Crippen LogP contribution is -2.01. The van der Waals surface area contributed by atoms with Crippen molar-refractivity contribution in [2.24, 2.45) is 0 Å². The minimum absolute atomic E-state index is 0.123. The zero-order chi connectivity index (χ0) is 8.20. The van der Waals surface area contributed by atoms with Gasteiger partial charge in [-0.25, -0.2) is 0 Å². The molecule has 0 heterocycles. The SMILES string of the molecule is O=P(O)(O)CCCN(Cl)Br. The fourth-order valence-corrected chi connectivity index (χ4v) is 1.32. The summed E-state index contributed by atoms with van der Waals surface area (Å²) in [5.41, 5.74) is 0. The van der Waals surface area contributed by atoms with Gasteiger partial charge in [-0.3, -0.25) is 4.57 Å². The molecule has 0 saturated heterocycles. The van der Waals surface area contributed by atoms with Crippen LogP contribution < -0.4 is 0 Å². The van der Waals surface area contributed by atoms with Crippen molar-refractivity contribution < 1.29 is 14.4 Å². The second kappa shape index (κ2) is 4.70. The first-order valence-corrected chi connectivity index (χ1v) is 5.40. The standard InChI is InChI=1S/C3H8BrClNO3P/c4-6(5)2-1-3-10(7,8)9/h1-3H2,(H2,7,8,9). The van der Waals surface area contributed by atoms with E-state index in [1.807, 2.05) is 0 Å². The summed E-state index contributed by atoms with van der Waals surface area (Å²) < 4.78 is 11.4. The van der Waals surface area contributed by atoms with Crippen LogP contribution in [-0.4, -0.2) is 25.9 Å². The van der Waals surface area contributed by atoms with Crippen molar-refractivity contribution in [1.82, 2.24) is 3.45 Å². The topological polar surface area (TPSA) is 60.8 Å². The summed E-state index contributed by atoms with van der Waals surface area (Å²) in [6.07, 6.45) is 0.251. The van der Waals surface area contributed by atoms with E-state index >= 15 is 0 Å².